The molecule has 2 rings (SSSR count). The average molecular weight is 421 g/mol. The van der Waals surface area contributed by atoms with Gasteiger partial charge in [0.1, 0.15) is 5.54 Å². The van der Waals surface area contributed by atoms with Crippen LogP contribution in [0.3, 0.4) is 0 Å². The highest BCUT2D eigenvalue weighted by molar-refractivity contribution is 6.38. The number of urea groups is 1. The molecule has 1 aliphatic heterocycles. The van der Waals surface area contributed by atoms with Crippen molar-refractivity contribution >= 4 is 23.8 Å². The molecular weight excluding hydrogens is 390 g/mol. The molecule has 1 fully saturated rings. The number of nitrogens with one attached hydrogen (secondary N) is 1. The number of carbonyl (C=O) groups is 4. The van der Waals surface area contributed by atoms with Crippen LogP contribution in [-0.4, -0.2) is 70.5 Å². The Balaban J connectivity index is 0.00000218. The first-order valence-corrected chi connectivity index (χ1v) is 10.1. The van der Waals surface area contributed by atoms with Gasteiger partial charge in [0.2, 0.25) is 0 Å². The summed E-state index contributed by atoms with van der Waals surface area (Å²) in [6, 6.07) is 8.50. The number of hydrogen-bond acceptors (Lipinski definition) is 5. The Hall–Kier alpha value is -2.94. The van der Waals surface area contributed by atoms with Gasteiger partial charge in [0.25, 0.3) is 0 Å². The maximum absolute atomic E-state index is 12.4. The number of nitrogens with zero attached hydrogens (tertiary/aromatic N) is 2. The van der Waals surface area contributed by atoms with Gasteiger partial charge in [-0.1, -0.05) is 44.2 Å². The van der Waals surface area contributed by atoms with Crippen LogP contribution in [0.2, 0.25) is 0 Å². The van der Waals surface area contributed by atoms with Gasteiger partial charge in [-0.25, -0.2) is 9.59 Å². The molecule has 166 valence electrons. The molecule has 4 amide bonds. The lowest BCUT2D eigenvalue weighted by atomic mass is 9.98. The fraction of sp³-hybridized carbons (Fsp3) is 0.524. The van der Waals surface area contributed by atoms with E-state index in [0.717, 1.165) is 10.5 Å². The number of piperazine rings is 1. The number of carboxylic acids is 1. The SMILES string of the molecule is CC.CCN1CCN(C(=O)NC(C)(CCOCc2ccccc2)C(=O)O)C(=O)C1=O. The Morgan fingerprint density at radius 1 is 1.13 bits per heavy atom. The minimum Gasteiger partial charge on any atom is -0.480 e. The Labute approximate surface area is 177 Å². The average Bonchev–Trinajstić information content (AvgIpc) is 2.75. The molecule has 0 radical (unpaired) electrons. The minimum atomic E-state index is -1.64. The highest BCUT2D eigenvalue weighted by atomic mass is 16.5. The van der Waals surface area contributed by atoms with Gasteiger partial charge in [-0.2, -0.15) is 0 Å². The van der Waals surface area contributed by atoms with Crippen LogP contribution in [0.25, 0.3) is 0 Å². The number of ether oxygens (including phenoxy) is 1. The number of hydrogen-bond donors (Lipinski definition) is 2. The standard InChI is InChI=1S/C19H25N3O6.C2H6/c1-3-21-10-11-22(16(24)15(21)23)18(27)20-19(2,17(25)26)9-12-28-13-14-7-5-4-6-8-14;1-2/h4-8H,3,9-13H2,1-2H3,(H,20,27)(H,25,26);1-2H3. The van der Waals surface area contributed by atoms with E-state index in [4.69, 9.17) is 4.74 Å². The normalized spacial score (nSPS) is 15.7. The first-order valence-electron chi connectivity index (χ1n) is 10.1. The summed E-state index contributed by atoms with van der Waals surface area (Å²) in [5.74, 6) is -2.99. The molecule has 1 unspecified atom stereocenters. The molecule has 0 bridgehead atoms. The van der Waals surface area contributed by atoms with E-state index < -0.39 is 29.4 Å². The molecule has 1 aromatic carbocycles. The van der Waals surface area contributed by atoms with Crippen molar-refractivity contribution in [2.75, 3.05) is 26.2 Å². The predicted molar refractivity (Wildman–Crippen MR) is 111 cm³/mol. The zero-order valence-corrected chi connectivity index (χ0v) is 18.0. The number of benzene rings is 1. The molecule has 1 aliphatic rings. The van der Waals surface area contributed by atoms with Gasteiger partial charge >= 0.3 is 23.8 Å². The van der Waals surface area contributed by atoms with Gasteiger partial charge < -0.3 is 20.1 Å². The third-order valence-electron chi connectivity index (χ3n) is 4.65. The zero-order chi connectivity index (χ0) is 22.7. The summed E-state index contributed by atoms with van der Waals surface area (Å²) in [4.78, 5) is 50.3. The first kappa shape index (κ1) is 25.1. The Morgan fingerprint density at radius 3 is 2.33 bits per heavy atom. The van der Waals surface area contributed by atoms with E-state index in [1.165, 1.54) is 11.8 Å². The van der Waals surface area contributed by atoms with E-state index in [1.54, 1.807) is 6.92 Å². The molecule has 0 aromatic heterocycles. The van der Waals surface area contributed by atoms with E-state index in [2.05, 4.69) is 5.32 Å². The maximum atomic E-state index is 12.4. The zero-order valence-electron chi connectivity index (χ0n) is 18.0. The van der Waals surface area contributed by atoms with Crippen molar-refractivity contribution in [3.8, 4) is 0 Å². The van der Waals surface area contributed by atoms with Crippen molar-refractivity contribution in [1.82, 2.24) is 15.1 Å². The Kier molecular flexibility index (Phi) is 9.97. The fourth-order valence-electron chi connectivity index (χ4n) is 2.74. The number of carboxylic acid groups (broad SMARTS) is 1. The summed E-state index contributed by atoms with van der Waals surface area (Å²) in [6.45, 7) is 8.09. The van der Waals surface area contributed by atoms with Gasteiger partial charge in [0.15, 0.2) is 0 Å². The maximum Gasteiger partial charge on any atom is 0.329 e. The van der Waals surface area contributed by atoms with Crippen molar-refractivity contribution < 1.29 is 29.0 Å². The molecule has 0 aliphatic carbocycles. The van der Waals surface area contributed by atoms with E-state index in [0.29, 0.717) is 13.2 Å². The molecule has 9 nitrogen and oxygen atoms in total. The van der Waals surface area contributed by atoms with Gasteiger partial charge in [0, 0.05) is 32.7 Å². The monoisotopic (exact) mass is 421 g/mol. The van der Waals surface area contributed by atoms with Gasteiger partial charge in [-0.05, 0) is 19.4 Å². The Morgan fingerprint density at radius 2 is 1.77 bits per heavy atom. The van der Waals surface area contributed by atoms with Crippen LogP contribution in [0.15, 0.2) is 30.3 Å². The summed E-state index contributed by atoms with van der Waals surface area (Å²) < 4.78 is 5.50. The lowest BCUT2D eigenvalue weighted by molar-refractivity contribution is -0.153. The number of likely N-dealkylation sites (N-methyl/N-ethyl adjacent to an activating group) is 1. The summed E-state index contributed by atoms with van der Waals surface area (Å²) in [6.07, 6.45) is -0.00202. The van der Waals surface area contributed by atoms with E-state index in [9.17, 15) is 24.3 Å². The molecular formula is C21H31N3O6. The van der Waals surface area contributed by atoms with Crippen LogP contribution < -0.4 is 5.32 Å². The third kappa shape index (κ3) is 6.55. The molecule has 2 N–H and O–H groups in total. The molecule has 0 spiro atoms. The van der Waals surface area contributed by atoms with E-state index in [-0.39, 0.29) is 26.1 Å². The van der Waals surface area contributed by atoms with E-state index in [1.807, 2.05) is 44.2 Å². The van der Waals surface area contributed by atoms with Crippen LogP contribution >= 0.6 is 0 Å². The fourth-order valence-corrected chi connectivity index (χ4v) is 2.74. The van der Waals surface area contributed by atoms with Crippen LogP contribution in [0, 0.1) is 0 Å². The third-order valence-corrected chi connectivity index (χ3v) is 4.65. The van der Waals surface area contributed by atoms with Crippen LogP contribution in [-0.2, 0) is 25.7 Å². The summed E-state index contributed by atoms with van der Waals surface area (Å²) >= 11 is 0. The topological polar surface area (TPSA) is 116 Å². The number of amides is 4. The van der Waals surface area contributed by atoms with Crippen molar-refractivity contribution in [1.29, 1.82) is 0 Å². The van der Waals surface area contributed by atoms with Crippen LogP contribution in [0.1, 0.15) is 39.7 Å². The summed E-state index contributed by atoms with van der Waals surface area (Å²) in [5.41, 5.74) is -0.694. The first-order chi connectivity index (χ1) is 14.3. The highest BCUT2D eigenvalue weighted by Crippen LogP contribution is 2.14. The smallest absolute Gasteiger partial charge is 0.329 e. The van der Waals surface area contributed by atoms with Crippen molar-refractivity contribution in [2.45, 2.75) is 46.3 Å². The molecule has 0 saturated carbocycles. The number of imide groups is 1. The van der Waals surface area contributed by atoms with Crippen molar-refractivity contribution in [3.05, 3.63) is 35.9 Å². The second kappa shape index (κ2) is 11.9. The van der Waals surface area contributed by atoms with E-state index >= 15 is 0 Å². The molecule has 1 heterocycles. The van der Waals surface area contributed by atoms with Crippen LogP contribution in [0.5, 0.6) is 0 Å². The number of aliphatic carboxylic acids is 1. The highest BCUT2D eigenvalue weighted by Gasteiger charge is 2.40. The molecule has 1 saturated heterocycles. The number of carbonyl (C=O) groups excluding carboxylic acids is 3. The van der Waals surface area contributed by atoms with Gasteiger partial charge in [0.05, 0.1) is 6.61 Å². The largest absolute Gasteiger partial charge is 0.480 e. The predicted octanol–water partition coefficient (Wildman–Crippen LogP) is 1.86. The lowest BCUT2D eigenvalue weighted by Gasteiger charge is -2.34. The lowest BCUT2D eigenvalue weighted by Crippen LogP contribution is -2.62. The second-order valence-electron chi connectivity index (χ2n) is 6.70. The van der Waals surface area contributed by atoms with Crippen LogP contribution in [0.4, 0.5) is 4.79 Å². The second-order valence-corrected chi connectivity index (χ2v) is 6.70. The summed E-state index contributed by atoms with van der Waals surface area (Å²) in [7, 11) is 0. The number of rotatable bonds is 8. The quantitative estimate of drug-likeness (QED) is 0.489. The molecule has 30 heavy (non-hydrogen) atoms. The van der Waals surface area contributed by atoms with Gasteiger partial charge in [-0.15, -0.1) is 0 Å². The molecule has 1 aromatic rings. The van der Waals surface area contributed by atoms with Crippen molar-refractivity contribution in [2.24, 2.45) is 0 Å². The summed E-state index contributed by atoms with van der Waals surface area (Å²) in [5, 5.41) is 11.9. The molecule has 1 atom stereocenters. The van der Waals surface area contributed by atoms with Gasteiger partial charge in [-0.3, -0.25) is 14.5 Å². The minimum absolute atomic E-state index is 0.00202. The van der Waals surface area contributed by atoms with Crippen molar-refractivity contribution in [3.63, 3.8) is 0 Å². The molecule has 9 heteroatoms. The Bertz CT molecular complexity index is 740.